The Kier molecular flexibility index (Phi) is 10.8. The molecule has 218 valence electrons. The van der Waals surface area contributed by atoms with Crippen LogP contribution in [0.15, 0.2) is 24.3 Å². The minimum absolute atomic E-state index is 0.0286. The molecule has 0 spiro atoms. The van der Waals surface area contributed by atoms with Crippen LogP contribution in [0.2, 0.25) is 5.02 Å². The topological polar surface area (TPSA) is 64.7 Å². The van der Waals surface area contributed by atoms with Crippen LogP contribution in [0.3, 0.4) is 0 Å². The average molecular weight is 559 g/mol. The van der Waals surface area contributed by atoms with Crippen LogP contribution in [-0.2, 0) is 16.0 Å². The molecule has 7 heteroatoms. The first kappa shape index (κ1) is 30.3. The first-order valence-corrected chi connectivity index (χ1v) is 15.9. The molecule has 2 amide bonds. The summed E-state index contributed by atoms with van der Waals surface area (Å²) in [6, 6.07) is 8.60. The Hall–Kier alpha value is -1.63. The van der Waals surface area contributed by atoms with Gasteiger partial charge in [0.25, 0.3) is 0 Å². The predicted octanol–water partition coefficient (Wildman–Crippen LogP) is 5.43. The van der Waals surface area contributed by atoms with E-state index in [1.165, 1.54) is 44.9 Å². The molecule has 1 aromatic carbocycles. The highest BCUT2D eigenvalue weighted by atomic mass is 35.5. The van der Waals surface area contributed by atoms with E-state index in [1.807, 2.05) is 38.1 Å². The third-order valence-corrected chi connectivity index (χ3v) is 9.84. The summed E-state index contributed by atoms with van der Waals surface area (Å²) in [5.41, 5.74) is 0.939. The first-order valence-electron chi connectivity index (χ1n) is 15.5. The zero-order valence-corrected chi connectivity index (χ0v) is 25.4. The van der Waals surface area contributed by atoms with Crippen LogP contribution in [0.5, 0.6) is 0 Å². The molecule has 2 heterocycles. The van der Waals surface area contributed by atoms with Gasteiger partial charge in [0.15, 0.2) is 0 Å². The quantitative estimate of drug-likeness (QED) is 0.402. The fraction of sp³-hybridized carbons (Fsp3) is 0.750. The fourth-order valence-electron chi connectivity index (χ4n) is 7.17. The number of nitrogens with zero attached hydrogens (tertiary/aromatic N) is 2. The van der Waals surface area contributed by atoms with Crippen LogP contribution in [0, 0.1) is 11.8 Å². The molecule has 1 aromatic rings. The second kappa shape index (κ2) is 13.8. The smallest absolute Gasteiger partial charge is 0.240 e. The number of benzene rings is 1. The molecular weight excluding hydrogens is 508 g/mol. The number of hydrogen-bond acceptors (Lipinski definition) is 4. The van der Waals surface area contributed by atoms with Crippen molar-refractivity contribution >= 4 is 23.4 Å². The molecule has 2 saturated heterocycles. The van der Waals surface area contributed by atoms with E-state index in [0.29, 0.717) is 42.5 Å². The first-order chi connectivity index (χ1) is 18.7. The van der Waals surface area contributed by atoms with Gasteiger partial charge in [0.2, 0.25) is 11.8 Å². The molecule has 0 aromatic heterocycles. The lowest BCUT2D eigenvalue weighted by molar-refractivity contribution is -0.136. The van der Waals surface area contributed by atoms with Crippen LogP contribution < -0.4 is 10.6 Å². The van der Waals surface area contributed by atoms with E-state index in [-0.39, 0.29) is 29.3 Å². The largest absolute Gasteiger partial charge is 0.350 e. The molecule has 1 unspecified atom stereocenters. The highest BCUT2D eigenvalue weighted by Crippen LogP contribution is 2.39. The van der Waals surface area contributed by atoms with Crippen LogP contribution in [0.25, 0.3) is 0 Å². The molecule has 0 bridgehead atoms. The van der Waals surface area contributed by atoms with Crippen molar-refractivity contribution in [1.82, 2.24) is 20.4 Å². The lowest BCUT2D eigenvalue weighted by atomic mass is 9.69. The zero-order valence-electron chi connectivity index (χ0n) is 24.7. The van der Waals surface area contributed by atoms with Gasteiger partial charge >= 0.3 is 0 Å². The summed E-state index contributed by atoms with van der Waals surface area (Å²) < 4.78 is 0. The lowest BCUT2D eigenvalue weighted by Gasteiger charge is -2.49. The Labute approximate surface area is 241 Å². The number of carbonyl (C=O) groups is 2. The van der Waals surface area contributed by atoms with Crippen molar-refractivity contribution < 1.29 is 9.59 Å². The zero-order chi connectivity index (χ0) is 28.0. The van der Waals surface area contributed by atoms with E-state index >= 15 is 0 Å². The molecule has 3 aliphatic rings. The van der Waals surface area contributed by atoms with Crippen LogP contribution in [-0.4, -0.2) is 71.5 Å². The molecule has 3 fully saturated rings. The van der Waals surface area contributed by atoms with Crippen molar-refractivity contribution in [1.29, 1.82) is 0 Å². The predicted molar refractivity (Wildman–Crippen MR) is 160 cm³/mol. The number of halogens is 1. The van der Waals surface area contributed by atoms with Crippen molar-refractivity contribution in [2.24, 2.45) is 11.8 Å². The Bertz CT molecular complexity index is 936. The number of nitrogens with one attached hydrogen (secondary N) is 2. The molecule has 0 radical (unpaired) electrons. The molecular formula is C32H51ClN4O2. The number of likely N-dealkylation sites (tertiary alicyclic amines) is 2. The number of rotatable bonds is 10. The van der Waals surface area contributed by atoms with Crippen molar-refractivity contribution in [2.75, 3.05) is 26.2 Å². The summed E-state index contributed by atoms with van der Waals surface area (Å²) in [4.78, 5) is 31.5. The molecule has 4 rings (SSSR count). The summed E-state index contributed by atoms with van der Waals surface area (Å²) >= 11 is 6.15. The van der Waals surface area contributed by atoms with Gasteiger partial charge in [-0.1, -0.05) is 56.8 Å². The van der Waals surface area contributed by atoms with Gasteiger partial charge in [-0.05, 0) is 89.0 Å². The van der Waals surface area contributed by atoms with Gasteiger partial charge in [-0.2, -0.15) is 0 Å². The SMILES string of the molecule is CC(C)C(=O)NC1(C2CCCCC2)CCN(C(=O)[C@@H](Cc2ccc(Cl)cc2)NCC2CCCN2C(C)C)CC1. The van der Waals surface area contributed by atoms with Gasteiger partial charge in [-0.3, -0.25) is 14.5 Å². The average Bonchev–Trinajstić information content (AvgIpc) is 3.42. The highest BCUT2D eigenvalue weighted by molar-refractivity contribution is 6.30. The van der Waals surface area contributed by atoms with E-state index < -0.39 is 0 Å². The van der Waals surface area contributed by atoms with Gasteiger partial charge < -0.3 is 15.5 Å². The summed E-state index contributed by atoms with van der Waals surface area (Å²) in [5, 5.41) is 7.92. The summed E-state index contributed by atoms with van der Waals surface area (Å²) in [5.74, 6) is 0.818. The molecule has 1 aliphatic carbocycles. The summed E-state index contributed by atoms with van der Waals surface area (Å²) in [6.45, 7) is 11.8. The maximum Gasteiger partial charge on any atom is 0.240 e. The maximum absolute atomic E-state index is 14.0. The van der Waals surface area contributed by atoms with Crippen molar-refractivity contribution in [2.45, 2.75) is 116 Å². The van der Waals surface area contributed by atoms with Gasteiger partial charge in [0, 0.05) is 48.2 Å². The van der Waals surface area contributed by atoms with Crippen LogP contribution in [0.1, 0.15) is 91.0 Å². The molecule has 2 N–H and O–H groups in total. The number of amides is 2. The standard InChI is InChI=1S/C32H51ClN4O2/c1-23(2)30(38)35-32(26-9-6-5-7-10-26)16-19-36(20-17-32)31(39)29(21-25-12-14-27(33)15-13-25)34-22-28-11-8-18-37(28)24(3)4/h12-15,23-24,26,28-29,34H,5-11,16-22H2,1-4H3,(H,35,38)/t28?,29-/m1/s1. The molecule has 1 saturated carbocycles. The van der Waals surface area contributed by atoms with Crippen LogP contribution in [0.4, 0.5) is 0 Å². The Morgan fingerprint density at radius 2 is 1.62 bits per heavy atom. The number of hydrogen-bond donors (Lipinski definition) is 2. The van der Waals surface area contributed by atoms with Crippen molar-refractivity contribution in [3.63, 3.8) is 0 Å². The second-order valence-corrected chi connectivity index (χ2v) is 13.3. The number of piperidine rings is 1. The lowest BCUT2D eigenvalue weighted by Crippen LogP contribution is -2.62. The van der Waals surface area contributed by atoms with E-state index in [1.54, 1.807) is 0 Å². The third kappa shape index (κ3) is 7.77. The van der Waals surface area contributed by atoms with Gasteiger partial charge in [-0.25, -0.2) is 0 Å². The number of carbonyl (C=O) groups excluding carboxylic acids is 2. The van der Waals surface area contributed by atoms with E-state index in [2.05, 4.69) is 34.3 Å². The fourth-order valence-corrected chi connectivity index (χ4v) is 7.29. The van der Waals surface area contributed by atoms with Crippen molar-refractivity contribution in [3.05, 3.63) is 34.9 Å². The molecule has 2 atom stereocenters. The van der Waals surface area contributed by atoms with E-state index in [0.717, 1.165) is 31.5 Å². The third-order valence-electron chi connectivity index (χ3n) is 9.59. The minimum Gasteiger partial charge on any atom is -0.350 e. The van der Waals surface area contributed by atoms with E-state index in [4.69, 9.17) is 11.6 Å². The molecule has 2 aliphatic heterocycles. The Morgan fingerprint density at radius 3 is 2.23 bits per heavy atom. The summed E-state index contributed by atoms with van der Waals surface area (Å²) in [6.07, 6.45) is 10.9. The van der Waals surface area contributed by atoms with Gasteiger partial charge in [0.05, 0.1) is 6.04 Å². The van der Waals surface area contributed by atoms with Crippen molar-refractivity contribution in [3.8, 4) is 0 Å². The minimum atomic E-state index is -0.270. The monoisotopic (exact) mass is 558 g/mol. The Balaban J connectivity index is 1.46. The molecule has 6 nitrogen and oxygen atoms in total. The highest BCUT2D eigenvalue weighted by Gasteiger charge is 2.44. The van der Waals surface area contributed by atoms with Crippen LogP contribution >= 0.6 is 11.6 Å². The van der Waals surface area contributed by atoms with E-state index in [9.17, 15) is 9.59 Å². The molecule has 39 heavy (non-hydrogen) atoms. The van der Waals surface area contributed by atoms with Gasteiger partial charge in [-0.15, -0.1) is 0 Å². The Morgan fingerprint density at radius 1 is 0.949 bits per heavy atom. The maximum atomic E-state index is 14.0. The normalized spacial score (nSPS) is 23.4. The second-order valence-electron chi connectivity index (χ2n) is 12.9. The van der Waals surface area contributed by atoms with Gasteiger partial charge in [0.1, 0.15) is 0 Å². The summed E-state index contributed by atoms with van der Waals surface area (Å²) in [7, 11) is 0.